The molecule has 11 rings (SSSR count). The van der Waals surface area contributed by atoms with E-state index in [1.807, 2.05) is 43.3 Å². The summed E-state index contributed by atoms with van der Waals surface area (Å²) in [7, 11) is 0. The van der Waals surface area contributed by atoms with E-state index in [-0.39, 0.29) is 159 Å². The van der Waals surface area contributed by atoms with Gasteiger partial charge in [-0.3, -0.25) is 0 Å². The average Bonchev–Trinajstić information content (AvgIpc) is 0.773. The van der Waals surface area contributed by atoms with Crippen molar-refractivity contribution in [3.8, 4) is 0 Å². The van der Waals surface area contributed by atoms with Gasteiger partial charge in [0.05, 0.1) is 119 Å². The molecule has 9 fully saturated rings. The van der Waals surface area contributed by atoms with Crippen LogP contribution in [0.1, 0.15) is 223 Å². The highest BCUT2D eigenvalue weighted by Crippen LogP contribution is 2.49. The summed E-state index contributed by atoms with van der Waals surface area (Å²) in [5.74, 6) is 0.765. The molecule has 9 saturated heterocycles. The van der Waals surface area contributed by atoms with Crippen molar-refractivity contribution in [3.05, 3.63) is 82.2 Å². The summed E-state index contributed by atoms with van der Waals surface area (Å²) >= 11 is 0. The fourth-order valence-corrected chi connectivity index (χ4v) is 20.5. The molecule has 9 aliphatic heterocycles. The first-order chi connectivity index (χ1) is 57.0. The van der Waals surface area contributed by atoms with E-state index in [2.05, 4.69) is 200 Å². The second-order valence-corrected chi connectivity index (χ2v) is 38.0. The van der Waals surface area contributed by atoms with E-state index >= 15 is 0 Å². The molecule has 1 N–H and O–H groups in total. The van der Waals surface area contributed by atoms with Crippen LogP contribution in [0.5, 0.6) is 0 Å². The third kappa shape index (κ3) is 22.4. The third-order valence-corrected chi connectivity index (χ3v) is 31.0. The zero-order chi connectivity index (χ0) is 86.0. The SMILES string of the molecule is CCC1O[C@H](O[C@@H]2C(OCc3ccccc3)[C@@H](OCC3O[C@@H](O[C@@H]4C(CC)O[C@@H](O[C@@H]5C(CC)O[C@@H](OCCN=[N+]=[N-])C(C)[C@H]5C)C(C)[C@H]4C)C(C)[C@@H](O[C@H]4OC(CC)[C@@H](C)C(C)C4O[C@@H]4OC(CC)[C@@H](O[C@@H]5OC(COCc6ccccc6)[C@H](C)[C@H](C)C5C)[C@H](C)C4C)[C@@H]3O)OC(CO[C@H]3OC(CC)[C@@H](C)[C@H](C)C3C)[C@H]2C)C(C)C(C)[C@@H]1C. The first-order valence-electron chi connectivity index (χ1n) is 46.6. The standard InChI is InChI=1S/C95H157N3O21/c1-26-70-52(10)49(7)60(18)88(105-70)103-47-77-66(24)84(118-89-61(19)50(8)53(11)71(27-2)106-89)86(102-45-69-40-36-33-37-41-69)94(112-77)104-48-78-79(99)83(67(25)93(113-78)116-82-58(16)64(22)91(109-75(82)31-6)115-80-57(15)63(21)87(108-73(80)29-4)101-43-42-97-98-96)117-95-85(56(14)55(13)72(28-3)107-95)119-92-65(23)59(17)81(74(30-5)110-92)114-90-62(20)51(9)54(12)76(111-90)46-100-44-68-38-34-32-35-39-68/h32-41,49-67,70-95,99H,26-31,42-48H2,1-25H3/t49-,50?,51-,52-,53-,54+,55-,56?,57+,58+,59+,60?,61?,62?,63?,64?,65?,66+,67?,70?,71?,72?,73?,74?,75?,76?,77?,78?,79+,80-,81-,82-,83+,84-,85?,86?,87+,88-,89+,90-,91-,92-,93-,94-,95+/m0/s1. The highest BCUT2D eigenvalue weighted by atomic mass is 16.8. The van der Waals surface area contributed by atoms with Crippen LogP contribution in [0.25, 0.3) is 10.4 Å². The molecular weight excluding hydrogens is 1520 g/mol. The highest BCUT2D eigenvalue weighted by molar-refractivity contribution is 5.15. The van der Waals surface area contributed by atoms with E-state index in [0.717, 1.165) is 24.0 Å². The molecule has 0 saturated carbocycles. The lowest BCUT2D eigenvalue weighted by Crippen LogP contribution is -2.63. The lowest BCUT2D eigenvalue weighted by atomic mass is 9.78. The fourth-order valence-electron chi connectivity index (χ4n) is 20.5. The van der Waals surface area contributed by atoms with Gasteiger partial charge in [0, 0.05) is 58.8 Å². The van der Waals surface area contributed by atoms with Crippen LogP contribution in [0.3, 0.4) is 0 Å². The molecule has 24 heteroatoms. The minimum Gasteiger partial charge on any atom is -0.388 e. The number of nitrogens with zero attached hydrogens (tertiary/aromatic N) is 3. The topological polar surface area (TPSA) is 254 Å². The van der Waals surface area contributed by atoms with Gasteiger partial charge in [-0.2, -0.15) is 0 Å². The molecule has 0 aromatic heterocycles. The second kappa shape index (κ2) is 44.6. The summed E-state index contributed by atoms with van der Waals surface area (Å²) < 4.78 is 142. The Hall–Kier alpha value is -3.09. The summed E-state index contributed by atoms with van der Waals surface area (Å²) in [4.78, 5) is 2.90. The van der Waals surface area contributed by atoms with Crippen LogP contribution < -0.4 is 0 Å². The number of benzene rings is 2. The van der Waals surface area contributed by atoms with Crippen molar-refractivity contribution in [1.82, 2.24) is 0 Å². The van der Waals surface area contributed by atoms with Crippen molar-refractivity contribution >= 4 is 0 Å². The van der Waals surface area contributed by atoms with Crippen LogP contribution in [0.15, 0.2) is 65.8 Å². The summed E-state index contributed by atoms with van der Waals surface area (Å²) in [6.07, 6.45) is -10.5. The van der Waals surface area contributed by atoms with Gasteiger partial charge < -0.3 is 99.8 Å². The number of ether oxygens (including phenoxy) is 20. The number of azide groups is 1. The molecule has 20 unspecified atom stereocenters. The van der Waals surface area contributed by atoms with E-state index in [9.17, 15) is 5.11 Å². The van der Waals surface area contributed by atoms with Crippen molar-refractivity contribution in [2.75, 3.05) is 33.0 Å². The van der Waals surface area contributed by atoms with Crippen LogP contribution in [0, 0.1) is 112 Å². The fraction of sp³-hybridized carbons (Fsp3) is 0.874. The molecular formula is C95H157N3O21. The summed E-state index contributed by atoms with van der Waals surface area (Å²) in [6.45, 7) is 56.7. The Morgan fingerprint density at radius 3 is 1.11 bits per heavy atom. The Bertz CT molecular complexity index is 3330. The average molecular weight is 1680 g/mol. The highest BCUT2D eigenvalue weighted by Gasteiger charge is 2.58. The summed E-state index contributed by atoms with van der Waals surface area (Å²) in [5, 5.41) is 17.3. The van der Waals surface area contributed by atoms with E-state index in [1.54, 1.807) is 0 Å². The molecule has 9 aliphatic rings. The smallest absolute Gasteiger partial charge is 0.186 e. The van der Waals surface area contributed by atoms with Crippen molar-refractivity contribution in [2.45, 2.75) is 385 Å². The molecule has 45 atom stereocenters. The number of hydrogen-bond donors (Lipinski definition) is 1. The molecule has 0 radical (unpaired) electrons. The zero-order valence-electron chi connectivity index (χ0n) is 76.9. The van der Waals surface area contributed by atoms with Gasteiger partial charge in [-0.1, -0.05) is 239 Å². The molecule has 0 bridgehead atoms. The Kier molecular flexibility index (Phi) is 36.2. The lowest BCUT2D eigenvalue weighted by Gasteiger charge is -2.53. The second-order valence-electron chi connectivity index (χ2n) is 38.0. The predicted molar refractivity (Wildman–Crippen MR) is 452 cm³/mol. The third-order valence-electron chi connectivity index (χ3n) is 31.0. The molecule has 678 valence electrons. The van der Waals surface area contributed by atoms with E-state index in [4.69, 9.17) is 100 Å². The zero-order valence-corrected chi connectivity index (χ0v) is 76.9. The van der Waals surface area contributed by atoms with Crippen LogP contribution in [0.2, 0.25) is 0 Å². The number of hydrogen-bond acceptors (Lipinski definition) is 22. The van der Waals surface area contributed by atoms with Crippen LogP contribution in [-0.2, 0) is 108 Å². The maximum absolute atomic E-state index is 13.6. The van der Waals surface area contributed by atoms with Gasteiger partial charge in [-0.15, -0.1) is 0 Å². The van der Waals surface area contributed by atoms with Crippen molar-refractivity contribution in [1.29, 1.82) is 0 Å². The summed E-state index contributed by atoms with van der Waals surface area (Å²) in [6, 6.07) is 20.4. The Balaban J connectivity index is 0.896. The van der Waals surface area contributed by atoms with Gasteiger partial charge in [0.25, 0.3) is 0 Å². The van der Waals surface area contributed by atoms with Gasteiger partial charge in [0.2, 0.25) is 0 Å². The largest absolute Gasteiger partial charge is 0.388 e. The van der Waals surface area contributed by atoms with Crippen molar-refractivity contribution in [3.63, 3.8) is 0 Å². The molecule has 0 spiro atoms. The van der Waals surface area contributed by atoms with Crippen molar-refractivity contribution in [2.24, 2.45) is 118 Å². The monoisotopic (exact) mass is 1680 g/mol. The van der Waals surface area contributed by atoms with Gasteiger partial charge in [0.15, 0.2) is 56.6 Å². The maximum Gasteiger partial charge on any atom is 0.186 e. The van der Waals surface area contributed by atoms with Gasteiger partial charge in [0.1, 0.15) is 24.4 Å². The first kappa shape index (κ1) is 96.5. The predicted octanol–water partition coefficient (Wildman–Crippen LogP) is 17.9. The molecule has 24 nitrogen and oxygen atoms in total. The quantitative estimate of drug-likeness (QED) is 0.0291. The lowest BCUT2D eigenvalue weighted by molar-refractivity contribution is -0.386. The summed E-state index contributed by atoms with van der Waals surface area (Å²) in [5.41, 5.74) is 11.0. The Morgan fingerprint density at radius 2 is 0.613 bits per heavy atom. The van der Waals surface area contributed by atoms with E-state index in [0.29, 0.717) is 68.5 Å². The minimum absolute atomic E-state index is 0.0134. The van der Waals surface area contributed by atoms with E-state index < -0.39 is 117 Å². The molecule has 2 aromatic carbocycles. The maximum atomic E-state index is 13.6. The van der Waals surface area contributed by atoms with Crippen LogP contribution in [-0.4, -0.2) is 198 Å². The molecule has 9 heterocycles. The molecule has 2 aromatic rings. The van der Waals surface area contributed by atoms with Crippen LogP contribution in [0.4, 0.5) is 0 Å². The van der Waals surface area contributed by atoms with Crippen LogP contribution >= 0.6 is 0 Å². The molecule has 0 aliphatic carbocycles. The Labute approximate surface area is 714 Å². The van der Waals surface area contributed by atoms with Gasteiger partial charge >= 0.3 is 0 Å². The molecule has 119 heavy (non-hydrogen) atoms. The van der Waals surface area contributed by atoms with E-state index in [1.165, 1.54) is 0 Å². The number of aliphatic hydroxyl groups is 1. The van der Waals surface area contributed by atoms with Gasteiger partial charge in [-0.25, -0.2) is 0 Å². The first-order valence-corrected chi connectivity index (χ1v) is 46.6. The normalized spacial score (nSPS) is 46.8. The molecule has 0 amide bonds. The number of aliphatic hydroxyl groups excluding tert-OH is 1. The Morgan fingerprint density at radius 1 is 0.286 bits per heavy atom. The minimum atomic E-state index is -1.33. The van der Waals surface area contributed by atoms with Crippen molar-refractivity contribution < 1.29 is 99.8 Å². The van der Waals surface area contributed by atoms with Gasteiger partial charge in [-0.05, 0) is 120 Å². The number of rotatable bonds is 35.